The fourth-order valence-electron chi connectivity index (χ4n) is 1.78. The Morgan fingerprint density at radius 3 is 2.57 bits per heavy atom. The lowest BCUT2D eigenvalue weighted by Crippen LogP contribution is -2.32. The van der Waals surface area contributed by atoms with E-state index in [0.717, 1.165) is 12.1 Å². The van der Waals surface area contributed by atoms with Crippen LogP contribution in [0.3, 0.4) is 0 Å². The van der Waals surface area contributed by atoms with E-state index in [1.165, 1.54) is 26.4 Å². The van der Waals surface area contributed by atoms with Crippen LogP contribution in [0.15, 0.2) is 24.3 Å². The molecule has 0 saturated heterocycles. The number of hydrogen-bond donors (Lipinski definition) is 1. The molecule has 7 heteroatoms. The number of nitrogens with one attached hydrogen (secondary N) is 1. The number of rotatable bonds is 7. The van der Waals surface area contributed by atoms with E-state index in [0.29, 0.717) is 5.56 Å². The predicted molar refractivity (Wildman–Crippen MR) is 70.7 cm³/mol. The van der Waals surface area contributed by atoms with Crippen LogP contribution in [0.4, 0.5) is 13.2 Å². The zero-order chi connectivity index (χ0) is 15.9. The topological polar surface area (TPSA) is 47.6 Å². The number of benzene rings is 1. The Hall–Kier alpha value is -1.60. The first-order valence-corrected chi connectivity index (χ1v) is 6.33. The van der Waals surface area contributed by atoms with E-state index in [9.17, 15) is 18.0 Å². The van der Waals surface area contributed by atoms with Gasteiger partial charge < -0.3 is 14.8 Å². The second-order valence-electron chi connectivity index (χ2n) is 4.44. The maximum Gasteiger partial charge on any atom is 0.416 e. The second kappa shape index (κ2) is 7.99. The van der Waals surface area contributed by atoms with E-state index >= 15 is 0 Å². The third kappa shape index (κ3) is 5.73. The maximum atomic E-state index is 12.7. The fourth-order valence-corrected chi connectivity index (χ4v) is 1.78. The standard InChI is InChI=1S/C14H18F3NO3/c1-20-7-6-13(19)18-12(9-21-2)10-4-3-5-11(8-10)14(15,16)17/h3-5,8,12H,6-7,9H2,1-2H3,(H,18,19)/t12-/m0/s1. The lowest BCUT2D eigenvalue weighted by Gasteiger charge is -2.19. The monoisotopic (exact) mass is 305 g/mol. The summed E-state index contributed by atoms with van der Waals surface area (Å²) in [7, 11) is 2.88. The number of carbonyl (C=O) groups is 1. The van der Waals surface area contributed by atoms with E-state index in [-0.39, 0.29) is 25.5 Å². The first kappa shape index (κ1) is 17.5. The number of amides is 1. The van der Waals surface area contributed by atoms with Gasteiger partial charge in [0.15, 0.2) is 0 Å². The highest BCUT2D eigenvalue weighted by molar-refractivity contribution is 5.76. The minimum absolute atomic E-state index is 0.0834. The molecule has 0 unspecified atom stereocenters. The normalized spacial score (nSPS) is 13.0. The zero-order valence-corrected chi connectivity index (χ0v) is 11.9. The molecule has 0 spiro atoms. The molecular weight excluding hydrogens is 287 g/mol. The van der Waals surface area contributed by atoms with Crippen molar-refractivity contribution in [3.63, 3.8) is 0 Å². The molecule has 118 valence electrons. The average molecular weight is 305 g/mol. The Morgan fingerprint density at radius 2 is 2.00 bits per heavy atom. The largest absolute Gasteiger partial charge is 0.416 e. The van der Waals surface area contributed by atoms with E-state index in [1.54, 1.807) is 0 Å². The van der Waals surface area contributed by atoms with Crippen LogP contribution in [0.5, 0.6) is 0 Å². The number of hydrogen-bond acceptors (Lipinski definition) is 3. The van der Waals surface area contributed by atoms with Gasteiger partial charge in [-0.2, -0.15) is 13.2 Å². The molecule has 0 bridgehead atoms. The van der Waals surface area contributed by atoms with Crippen LogP contribution in [0.1, 0.15) is 23.6 Å². The van der Waals surface area contributed by atoms with Gasteiger partial charge in [0.05, 0.1) is 24.8 Å². The molecule has 1 N–H and O–H groups in total. The van der Waals surface area contributed by atoms with E-state index in [1.807, 2.05) is 0 Å². The van der Waals surface area contributed by atoms with Crippen molar-refractivity contribution in [2.75, 3.05) is 27.4 Å². The fraction of sp³-hybridized carbons (Fsp3) is 0.500. The molecule has 0 aliphatic carbocycles. The van der Waals surface area contributed by atoms with Gasteiger partial charge in [-0.1, -0.05) is 12.1 Å². The molecular formula is C14H18F3NO3. The molecule has 0 radical (unpaired) electrons. The molecule has 0 fully saturated rings. The number of carbonyl (C=O) groups excluding carboxylic acids is 1. The number of alkyl halides is 3. The summed E-state index contributed by atoms with van der Waals surface area (Å²) in [4.78, 5) is 11.7. The lowest BCUT2D eigenvalue weighted by atomic mass is 10.0. The summed E-state index contributed by atoms with van der Waals surface area (Å²) in [5.74, 6) is -0.309. The zero-order valence-electron chi connectivity index (χ0n) is 11.9. The Balaban J connectivity index is 2.87. The van der Waals surface area contributed by atoms with Crippen molar-refractivity contribution in [3.8, 4) is 0 Å². The smallest absolute Gasteiger partial charge is 0.384 e. The Labute approximate surface area is 121 Å². The summed E-state index contributed by atoms with van der Waals surface area (Å²) in [6, 6.07) is 4.19. The Kier molecular flexibility index (Phi) is 6.64. The van der Waals surface area contributed by atoms with E-state index < -0.39 is 17.8 Å². The van der Waals surface area contributed by atoms with Gasteiger partial charge in [-0.25, -0.2) is 0 Å². The molecule has 1 aromatic rings. The summed E-state index contributed by atoms with van der Waals surface area (Å²) in [5.41, 5.74) is -0.412. The molecule has 0 heterocycles. The van der Waals surface area contributed by atoms with Gasteiger partial charge in [-0.3, -0.25) is 4.79 Å². The number of halogens is 3. The summed E-state index contributed by atoms with van der Waals surface area (Å²) < 4.78 is 47.9. The van der Waals surface area contributed by atoms with E-state index in [2.05, 4.69) is 5.32 Å². The minimum atomic E-state index is -4.42. The summed E-state index contributed by atoms with van der Waals surface area (Å²) in [6.07, 6.45) is -4.29. The van der Waals surface area contributed by atoms with Gasteiger partial charge in [-0.15, -0.1) is 0 Å². The van der Waals surface area contributed by atoms with Crippen molar-refractivity contribution in [3.05, 3.63) is 35.4 Å². The molecule has 4 nitrogen and oxygen atoms in total. The molecule has 0 aliphatic rings. The van der Waals surface area contributed by atoms with Gasteiger partial charge in [0, 0.05) is 20.6 Å². The quantitative estimate of drug-likeness (QED) is 0.842. The van der Waals surface area contributed by atoms with Crippen LogP contribution in [0.2, 0.25) is 0 Å². The number of ether oxygens (including phenoxy) is 2. The van der Waals surface area contributed by atoms with Crippen molar-refractivity contribution in [1.82, 2.24) is 5.32 Å². The molecule has 1 aromatic carbocycles. The molecule has 21 heavy (non-hydrogen) atoms. The van der Waals surface area contributed by atoms with Crippen LogP contribution in [-0.2, 0) is 20.4 Å². The molecule has 0 aliphatic heterocycles. The van der Waals surface area contributed by atoms with Gasteiger partial charge in [0.1, 0.15) is 0 Å². The third-order valence-electron chi connectivity index (χ3n) is 2.82. The van der Waals surface area contributed by atoms with Crippen molar-refractivity contribution >= 4 is 5.91 Å². The predicted octanol–water partition coefficient (Wildman–Crippen LogP) is 2.55. The van der Waals surface area contributed by atoms with Crippen molar-refractivity contribution in [2.45, 2.75) is 18.6 Å². The van der Waals surface area contributed by atoms with Crippen LogP contribution in [-0.4, -0.2) is 33.3 Å². The van der Waals surface area contributed by atoms with Crippen LogP contribution >= 0.6 is 0 Å². The first-order chi connectivity index (χ1) is 9.88. The molecule has 0 aromatic heterocycles. The maximum absolute atomic E-state index is 12.7. The average Bonchev–Trinajstić information content (AvgIpc) is 2.44. The first-order valence-electron chi connectivity index (χ1n) is 6.33. The summed E-state index contributed by atoms with van der Waals surface area (Å²) in [5, 5.41) is 2.64. The molecule has 1 atom stereocenters. The van der Waals surface area contributed by atoms with Crippen molar-refractivity contribution in [1.29, 1.82) is 0 Å². The van der Waals surface area contributed by atoms with Gasteiger partial charge in [0.25, 0.3) is 0 Å². The highest BCUT2D eigenvalue weighted by Crippen LogP contribution is 2.30. The van der Waals surface area contributed by atoms with Crippen molar-refractivity contribution in [2.24, 2.45) is 0 Å². The Morgan fingerprint density at radius 1 is 1.29 bits per heavy atom. The summed E-state index contributed by atoms with van der Waals surface area (Å²) in [6.45, 7) is 0.328. The molecule has 0 saturated carbocycles. The van der Waals surface area contributed by atoms with Gasteiger partial charge in [-0.05, 0) is 17.7 Å². The SMILES string of the molecule is COCCC(=O)N[C@@H](COC)c1cccc(C(F)(F)F)c1. The van der Waals surface area contributed by atoms with E-state index in [4.69, 9.17) is 9.47 Å². The van der Waals surface area contributed by atoms with Gasteiger partial charge in [0.2, 0.25) is 5.91 Å². The lowest BCUT2D eigenvalue weighted by molar-refractivity contribution is -0.137. The Bertz CT molecular complexity index is 463. The van der Waals surface area contributed by atoms with Crippen LogP contribution < -0.4 is 5.32 Å². The summed E-state index contributed by atoms with van der Waals surface area (Å²) >= 11 is 0. The van der Waals surface area contributed by atoms with Gasteiger partial charge >= 0.3 is 6.18 Å². The molecule has 1 amide bonds. The highest BCUT2D eigenvalue weighted by Gasteiger charge is 2.31. The molecule has 1 rings (SSSR count). The van der Waals surface area contributed by atoms with Crippen LogP contribution in [0.25, 0.3) is 0 Å². The van der Waals surface area contributed by atoms with Crippen LogP contribution in [0, 0.1) is 0 Å². The number of methoxy groups -OCH3 is 2. The third-order valence-corrected chi connectivity index (χ3v) is 2.82. The second-order valence-corrected chi connectivity index (χ2v) is 4.44. The van der Waals surface area contributed by atoms with Crippen molar-refractivity contribution < 1.29 is 27.4 Å². The minimum Gasteiger partial charge on any atom is -0.384 e. The highest BCUT2D eigenvalue weighted by atomic mass is 19.4.